The Morgan fingerprint density at radius 1 is 1.35 bits per heavy atom. The van der Waals surface area contributed by atoms with Crippen molar-refractivity contribution < 1.29 is 14.8 Å². The molecular weight excluding hydrogens is 272 g/mol. The second-order valence-electron chi connectivity index (χ2n) is 4.92. The van der Waals surface area contributed by atoms with Crippen LogP contribution in [-0.2, 0) is 4.79 Å². The topological polar surface area (TPSA) is 46.2 Å². The molecule has 2 rings (SSSR count). The van der Waals surface area contributed by atoms with Crippen molar-refractivity contribution in [3.8, 4) is 5.75 Å². The van der Waals surface area contributed by atoms with Crippen LogP contribution in [0, 0.1) is 0 Å². The smallest absolute Gasteiger partial charge is 0.236 e. The second kappa shape index (κ2) is 6.99. The molecule has 0 bridgehead atoms. The van der Waals surface area contributed by atoms with E-state index in [0.29, 0.717) is 0 Å². The second-order valence-corrected chi connectivity index (χ2v) is 6.35. The number of ether oxygens (including phenoxy) is 1. The Morgan fingerprint density at radius 2 is 2.05 bits per heavy atom. The van der Waals surface area contributed by atoms with Crippen LogP contribution in [0.2, 0.25) is 0 Å². The Hall–Kier alpha value is -1.20. The number of carbonyl (C=O) groups is 1. The minimum Gasteiger partial charge on any atom is -0.497 e. The van der Waals surface area contributed by atoms with Crippen LogP contribution in [0.4, 0.5) is 0 Å². The monoisotopic (exact) mass is 295 g/mol. The minimum absolute atomic E-state index is 0.0451. The standard InChI is InChI=1S/C15H22N2O2S/c1-4-16-9-10-17-14(18)11(2)20-15(17)12-5-7-13(19-3)8-6-12/h5-8,11,15-16H,4,9-10H2,1-3H3/p+1/t11-,15-/m1/s1. The molecule has 2 N–H and O–H groups in total. The number of hydrogen-bond acceptors (Lipinski definition) is 3. The van der Waals surface area contributed by atoms with Gasteiger partial charge < -0.3 is 15.0 Å². The van der Waals surface area contributed by atoms with Crippen molar-refractivity contribution in [2.45, 2.75) is 24.5 Å². The van der Waals surface area contributed by atoms with E-state index in [1.807, 2.05) is 24.0 Å². The normalized spacial score (nSPS) is 22.4. The van der Waals surface area contributed by atoms with Crippen molar-refractivity contribution in [1.29, 1.82) is 0 Å². The molecule has 0 unspecified atom stereocenters. The van der Waals surface area contributed by atoms with Crippen LogP contribution in [0.1, 0.15) is 24.8 Å². The Balaban J connectivity index is 2.12. The third-order valence-corrected chi connectivity index (χ3v) is 4.91. The summed E-state index contributed by atoms with van der Waals surface area (Å²) < 4.78 is 5.19. The highest BCUT2D eigenvalue weighted by Gasteiger charge is 2.38. The zero-order valence-corrected chi connectivity index (χ0v) is 13.2. The summed E-state index contributed by atoms with van der Waals surface area (Å²) in [4.78, 5) is 14.3. The van der Waals surface area contributed by atoms with E-state index in [-0.39, 0.29) is 16.5 Å². The van der Waals surface area contributed by atoms with E-state index < -0.39 is 0 Å². The molecule has 2 atom stereocenters. The summed E-state index contributed by atoms with van der Waals surface area (Å²) in [5.41, 5.74) is 1.17. The Labute approximate surface area is 124 Å². The molecule has 0 radical (unpaired) electrons. The van der Waals surface area contributed by atoms with Crippen molar-refractivity contribution >= 4 is 17.7 Å². The molecule has 1 amide bonds. The first kappa shape index (κ1) is 15.2. The van der Waals surface area contributed by atoms with Gasteiger partial charge in [-0.1, -0.05) is 12.1 Å². The lowest BCUT2D eigenvalue weighted by Crippen LogP contribution is -2.85. The molecule has 1 aliphatic rings. The number of amides is 1. The average Bonchev–Trinajstić information content (AvgIpc) is 2.76. The van der Waals surface area contributed by atoms with Crippen LogP contribution >= 0.6 is 11.8 Å². The minimum atomic E-state index is 0.0451. The summed E-state index contributed by atoms with van der Waals surface area (Å²) in [6, 6.07) is 8.02. The lowest BCUT2D eigenvalue weighted by Gasteiger charge is -2.23. The van der Waals surface area contributed by atoms with E-state index in [1.165, 1.54) is 5.56 Å². The lowest BCUT2D eigenvalue weighted by atomic mass is 10.2. The summed E-state index contributed by atoms with van der Waals surface area (Å²) in [5.74, 6) is 1.10. The molecule has 1 saturated heterocycles. The number of quaternary nitrogens is 1. The lowest BCUT2D eigenvalue weighted by molar-refractivity contribution is -0.651. The Bertz CT molecular complexity index is 450. The van der Waals surface area contributed by atoms with E-state index >= 15 is 0 Å². The maximum atomic E-state index is 12.3. The molecule has 1 aromatic carbocycles. The predicted octanol–water partition coefficient (Wildman–Crippen LogP) is 1.24. The SMILES string of the molecule is CC[NH2+]CCN1C(=O)[C@@H](C)S[C@@H]1c1ccc(OC)cc1. The zero-order chi connectivity index (χ0) is 14.5. The highest BCUT2D eigenvalue weighted by Crippen LogP contribution is 2.42. The van der Waals surface area contributed by atoms with E-state index in [1.54, 1.807) is 18.9 Å². The summed E-state index contributed by atoms with van der Waals surface area (Å²) in [5, 5.41) is 2.41. The fourth-order valence-electron chi connectivity index (χ4n) is 2.36. The quantitative estimate of drug-likeness (QED) is 0.803. The van der Waals surface area contributed by atoms with Gasteiger partial charge in [0, 0.05) is 0 Å². The number of rotatable bonds is 6. The van der Waals surface area contributed by atoms with Crippen LogP contribution in [0.15, 0.2) is 24.3 Å². The molecule has 20 heavy (non-hydrogen) atoms. The van der Waals surface area contributed by atoms with Gasteiger partial charge in [-0.15, -0.1) is 11.8 Å². The van der Waals surface area contributed by atoms with Crippen LogP contribution in [-0.4, -0.2) is 42.8 Å². The fourth-order valence-corrected chi connectivity index (χ4v) is 3.67. The number of benzene rings is 1. The highest BCUT2D eigenvalue weighted by molar-refractivity contribution is 8.01. The van der Waals surface area contributed by atoms with Gasteiger partial charge >= 0.3 is 0 Å². The first-order chi connectivity index (χ1) is 9.67. The van der Waals surface area contributed by atoms with Gasteiger partial charge in [0.25, 0.3) is 0 Å². The zero-order valence-electron chi connectivity index (χ0n) is 12.3. The number of nitrogens with zero attached hydrogens (tertiary/aromatic N) is 1. The molecule has 0 aromatic heterocycles. The number of methoxy groups -OCH3 is 1. The van der Waals surface area contributed by atoms with Gasteiger partial charge in [-0.2, -0.15) is 0 Å². The van der Waals surface area contributed by atoms with E-state index in [0.717, 1.165) is 25.4 Å². The van der Waals surface area contributed by atoms with Crippen LogP contribution in [0.5, 0.6) is 5.75 Å². The van der Waals surface area contributed by atoms with Crippen LogP contribution < -0.4 is 10.1 Å². The van der Waals surface area contributed by atoms with Gasteiger partial charge in [0.2, 0.25) is 5.91 Å². The molecule has 110 valence electrons. The fraction of sp³-hybridized carbons (Fsp3) is 0.533. The maximum Gasteiger partial charge on any atom is 0.236 e. The molecular formula is C15H23N2O2S+. The van der Waals surface area contributed by atoms with Gasteiger partial charge in [0.15, 0.2) is 0 Å². The Morgan fingerprint density at radius 3 is 2.65 bits per heavy atom. The maximum absolute atomic E-state index is 12.3. The number of thioether (sulfide) groups is 1. The molecule has 0 spiro atoms. The highest BCUT2D eigenvalue weighted by atomic mass is 32.2. The predicted molar refractivity (Wildman–Crippen MR) is 81.8 cm³/mol. The van der Waals surface area contributed by atoms with Crippen molar-refractivity contribution in [3.05, 3.63) is 29.8 Å². The summed E-state index contributed by atoms with van der Waals surface area (Å²) in [6.07, 6.45) is 0. The van der Waals surface area contributed by atoms with E-state index in [9.17, 15) is 4.79 Å². The van der Waals surface area contributed by atoms with E-state index in [2.05, 4.69) is 24.4 Å². The Kier molecular flexibility index (Phi) is 5.31. The van der Waals surface area contributed by atoms with Gasteiger partial charge in [0.1, 0.15) is 11.1 Å². The van der Waals surface area contributed by atoms with Gasteiger partial charge in [-0.3, -0.25) is 4.79 Å². The summed E-state index contributed by atoms with van der Waals surface area (Å²) in [7, 11) is 1.66. The van der Waals surface area contributed by atoms with Gasteiger partial charge in [-0.05, 0) is 31.5 Å². The molecule has 1 fully saturated rings. The molecule has 0 saturated carbocycles. The molecule has 0 aliphatic carbocycles. The van der Waals surface area contributed by atoms with Crippen molar-refractivity contribution in [2.75, 3.05) is 26.7 Å². The molecule has 4 nitrogen and oxygen atoms in total. The molecule has 1 aliphatic heterocycles. The van der Waals surface area contributed by atoms with E-state index in [4.69, 9.17) is 4.74 Å². The van der Waals surface area contributed by atoms with Crippen LogP contribution in [0.3, 0.4) is 0 Å². The largest absolute Gasteiger partial charge is 0.497 e. The van der Waals surface area contributed by atoms with Crippen molar-refractivity contribution in [2.24, 2.45) is 0 Å². The molecule has 5 heteroatoms. The number of carbonyl (C=O) groups excluding carboxylic acids is 1. The third kappa shape index (κ3) is 3.27. The van der Waals surface area contributed by atoms with Crippen molar-refractivity contribution in [1.82, 2.24) is 4.90 Å². The first-order valence-corrected chi connectivity index (χ1v) is 8.03. The number of likely N-dealkylation sites (N-methyl/N-ethyl adjacent to an activating group) is 1. The molecule has 1 aromatic rings. The first-order valence-electron chi connectivity index (χ1n) is 7.09. The average molecular weight is 295 g/mol. The van der Waals surface area contributed by atoms with Gasteiger partial charge in [0.05, 0.1) is 32.0 Å². The number of hydrogen-bond donors (Lipinski definition) is 1. The molecule has 1 heterocycles. The van der Waals surface area contributed by atoms with Crippen LogP contribution in [0.25, 0.3) is 0 Å². The van der Waals surface area contributed by atoms with Crippen molar-refractivity contribution in [3.63, 3.8) is 0 Å². The summed E-state index contributed by atoms with van der Waals surface area (Å²) >= 11 is 1.73. The number of nitrogens with two attached hydrogens (primary N) is 1. The third-order valence-electron chi connectivity index (χ3n) is 3.51. The summed E-state index contributed by atoms with van der Waals surface area (Å²) in [6.45, 7) is 6.94. The van der Waals surface area contributed by atoms with Gasteiger partial charge in [-0.25, -0.2) is 0 Å².